The van der Waals surface area contributed by atoms with Gasteiger partial charge in [-0.2, -0.15) is 0 Å². The van der Waals surface area contributed by atoms with Crippen molar-refractivity contribution in [2.24, 2.45) is 0 Å². The van der Waals surface area contributed by atoms with Crippen LogP contribution in [0.15, 0.2) is 67.2 Å². The quantitative estimate of drug-likeness (QED) is 0.818. The van der Waals surface area contributed by atoms with E-state index in [-0.39, 0.29) is 6.10 Å². The van der Waals surface area contributed by atoms with Gasteiger partial charge in [0.25, 0.3) is 0 Å². The minimum absolute atomic E-state index is 0.341. The summed E-state index contributed by atoms with van der Waals surface area (Å²) in [6, 6.07) is 19.6. The Morgan fingerprint density at radius 3 is 1.71 bits per heavy atom. The molecule has 1 unspecified atom stereocenters. The lowest BCUT2D eigenvalue weighted by molar-refractivity contribution is 0.199. The molecule has 1 heteroatoms. The van der Waals surface area contributed by atoms with E-state index in [1.54, 1.807) is 6.92 Å². The van der Waals surface area contributed by atoms with Crippen LogP contribution in [0.3, 0.4) is 0 Å². The monoisotopic (exact) mass is 226 g/mol. The molecule has 1 atom stereocenters. The average Bonchev–Trinajstić information content (AvgIpc) is 2.41. The summed E-state index contributed by atoms with van der Waals surface area (Å²) in [5, 5.41) is 9.02. The highest BCUT2D eigenvalue weighted by Crippen LogP contribution is 2.09. The summed E-state index contributed by atoms with van der Waals surface area (Å²) in [4.78, 5) is 0. The van der Waals surface area contributed by atoms with Crippen LogP contribution in [0.25, 0.3) is 6.08 Å². The van der Waals surface area contributed by atoms with Gasteiger partial charge in [0.1, 0.15) is 0 Å². The minimum atomic E-state index is -0.341. The number of hydrogen-bond donors (Lipinski definition) is 1. The Morgan fingerprint density at radius 1 is 0.941 bits per heavy atom. The third-order valence-corrected chi connectivity index (χ3v) is 2.32. The lowest BCUT2D eigenvalue weighted by Crippen LogP contribution is -1.87. The first-order valence-electron chi connectivity index (χ1n) is 5.64. The van der Waals surface area contributed by atoms with Crippen LogP contribution in [-0.4, -0.2) is 5.11 Å². The predicted octanol–water partition coefficient (Wildman–Crippen LogP) is 4.07. The van der Waals surface area contributed by atoms with Crippen LogP contribution in [-0.2, 0) is 0 Å². The molecule has 0 amide bonds. The molecule has 2 aromatic carbocycles. The first-order valence-corrected chi connectivity index (χ1v) is 5.64. The summed E-state index contributed by atoms with van der Waals surface area (Å²) < 4.78 is 0. The molecule has 0 spiro atoms. The van der Waals surface area contributed by atoms with E-state index < -0.39 is 0 Å². The number of rotatable bonds is 2. The molecule has 0 aliphatic carbocycles. The molecule has 0 fully saturated rings. The van der Waals surface area contributed by atoms with Crippen molar-refractivity contribution in [1.29, 1.82) is 0 Å². The third kappa shape index (κ3) is 5.14. The van der Waals surface area contributed by atoms with Crippen molar-refractivity contribution in [3.05, 3.63) is 78.4 Å². The highest BCUT2D eigenvalue weighted by atomic mass is 16.3. The third-order valence-electron chi connectivity index (χ3n) is 2.32. The molecule has 0 aliphatic rings. The maximum Gasteiger partial charge on any atom is 0.0761 e. The molecule has 0 saturated carbocycles. The second-order valence-electron chi connectivity index (χ2n) is 3.70. The fourth-order valence-corrected chi connectivity index (χ4v) is 1.32. The van der Waals surface area contributed by atoms with Gasteiger partial charge in [0, 0.05) is 0 Å². The zero-order chi connectivity index (χ0) is 12.5. The van der Waals surface area contributed by atoms with E-state index in [0.717, 1.165) is 5.56 Å². The molecule has 2 rings (SSSR count). The lowest BCUT2D eigenvalue weighted by Gasteiger charge is -2.00. The van der Waals surface area contributed by atoms with Crippen molar-refractivity contribution in [3.8, 4) is 0 Å². The first-order chi connectivity index (χ1) is 8.24. The fourth-order valence-electron chi connectivity index (χ4n) is 1.32. The highest BCUT2D eigenvalue weighted by molar-refractivity contribution is 5.45. The lowest BCUT2D eigenvalue weighted by atomic mass is 10.1. The standard InChI is InChI=1S/C8H10O.C8H8/c1-7(9)8-5-3-2-4-6-8;1-2-8-6-4-3-5-7-8/h2-7,9H,1H3;2-7H,1H2. The van der Waals surface area contributed by atoms with Crippen LogP contribution < -0.4 is 0 Å². The van der Waals surface area contributed by atoms with Crippen molar-refractivity contribution >= 4 is 6.08 Å². The van der Waals surface area contributed by atoms with Crippen LogP contribution >= 0.6 is 0 Å². The Kier molecular flexibility index (Phi) is 5.76. The predicted molar refractivity (Wildman–Crippen MR) is 73.6 cm³/mol. The maximum absolute atomic E-state index is 9.02. The highest BCUT2D eigenvalue weighted by Gasteiger charge is 1.95. The Labute approximate surface area is 103 Å². The largest absolute Gasteiger partial charge is 0.389 e. The molecule has 88 valence electrons. The molecule has 0 saturated heterocycles. The van der Waals surface area contributed by atoms with Crippen LogP contribution in [0.5, 0.6) is 0 Å². The van der Waals surface area contributed by atoms with Crippen LogP contribution in [0.1, 0.15) is 24.2 Å². The van der Waals surface area contributed by atoms with Gasteiger partial charge < -0.3 is 5.11 Å². The van der Waals surface area contributed by atoms with Crippen molar-refractivity contribution in [3.63, 3.8) is 0 Å². The fraction of sp³-hybridized carbons (Fsp3) is 0.125. The molecular weight excluding hydrogens is 208 g/mol. The smallest absolute Gasteiger partial charge is 0.0761 e. The summed E-state index contributed by atoms with van der Waals surface area (Å²) in [5.41, 5.74) is 2.14. The number of benzene rings is 2. The second-order valence-corrected chi connectivity index (χ2v) is 3.70. The Morgan fingerprint density at radius 2 is 1.41 bits per heavy atom. The SMILES string of the molecule is C=Cc1ccccc1.CC(O)c1ccccc1. The van der Waals surface area contributed by atoms with Gasteiger partial charge in [-0.15, -0.1) is 0 Å². The summed E-state index contributed by atoms with van der Waals surface area (Å²) >= 11 is 0. The van der Waals surface area contributed by atoms with Crippen LogP contribution in [0.2, 0.25) is 0 Å². The zero-order valence-corrected chi connectivity index (χ0v) is 10.1. The van der Waals surface area contributed by atoms with Gasteiger partial charge in [0.15, 0.2) is 0 Å². The molecular formula is C16H18O. The Bertz CT molecular complexity index is 418. The molecule has 2 aromatic rings. The van der Waals surface area contributed by atoms with E-state index in [1.165, 1.54) is 5.56 Å². The van der Waals surface area contributed by atoms with Gasteiger partial charge in [0.05, 0.1) is 6.10 Å². The number of hydrogen-bond acceptors (Lipinski definition) is 1. The van der Waals surface area contributed by atoms with E-state index in [0.29, 0.717) is 0 Å². The second kappa shape index (κ2) is 7.42. The maximum atomic E-state index is 9.02. The molecule has 1 N–H and O–H groups in total. The normalized spacial score (nSPS) is 10.9. The number of aliphatic hydroxyl groups excluding tert-OH is 1. The van der Waals surface area contributed by atoms with Gasteiger partial charge >= 0.3 is 0 Å². The van der Waals surface area contributed by atoms with E-state index in [1.807, 2.05) is 66.7 Å². The molecule has 0 heterocycles. The number of aliphatic hydroxyl groups is 1. The summed E-state index contributed by atoms with van der Waals surface area (Å²) in [6.07, 6.45) is 1.49. The van der Waals surface area contributed by atoms with E-state index in [9.17, 15) is 0 Å². The molecule has 0 bridgehead atoms. The van der Waals surface area contributed by atoms with Gasteiger partial charge in [0.2, 0.25) is 0 Å². The van der Waals surface area contributed by atoms with Gasteiger partial charge in [-0.05, 0) is 18.1 Å². The van der Waals surface area contributed by atoms with Crippen molar-refractivity contribution < 1.29 is 5.11 Å². The van der Waals surface area contributed by atoms with Crippen molar-refractivity contribution in [1.82, 2.24) is 0 Å². The molecule has 0 aromatic heterocycles. The minimum Gasteiger partial charge on any atom is -0.389 e. The van der Waals surface area contributed by atoms with E-state index >= 15 is 0 Å². The Balaban J connectivity index is 0.000000171. The zero-order valence-electron chi connectivity index (χ0n) is 10.1. The molecule has 0 radical (unpaired) electrons. The van der Waals surface area contributed by atoms with Gasteiger partial charge in [-0.3, -0.25) is 0 Å². The first kappa shape index (κ1) is 13.2. The van der Waals surface area contributed by atoms with Crippen LogP contribution in [0, 0.1) is 0 Å². The van der Waals surface area contributed by atoms with Crippen molar-refractivity contribution in [2.45, 2.75) is 13.0 Å². The molecule has 17 heavy (non-hydrogen) atoms. The molecule has 1 nitrogen and oxygen atoms in total. The van der Waals surface area contributed by atoms with Gasteiger partial charge in [-0.1, -0.05) is 73.3 Å². The van der Waals surface area contributed by atoms with Crippen molar-refractivity contribution in [2.75, 3.05) is 0 Å². The van der Waals surface area contributed by atoms with E-state index in [2.05, 4.69) is 6.58 Å². The Hall–Kier alpha value is -1.86. The summed E-state index contributed by atoms with van der Waals surface area (Å²) in [6.45, 7) is 5.39. The van der Waals surface area contributed by atoms with Crippen LogP contribution in [0.4, 0.5) is 0 Å². The summed E-state index contributed by atoms with van der Waals surface area (Å²) in [7, 11) is 0. The van der Waals surface area contributed by atoms with Gasteiger partial charge in [-0.25, -0.2) is 0 Å². The summed E-state index contributed by atoms with van der Waals surface area (Å²) in [5.74, 6) is 0. The molecule has 0 aliphatic heterocycles. The topological polar surface area (TPSA) is 20.2 Å². The average molecular weight is 226 g/mol. The van der Waals surface area contributed by atoms with E-state index in [4.69, 9.17) is 5.11 Å².